The van der Waals surface area contributed by atoms with Gasteiger partial charge >= 0.3 is 0 Å². The minimum absolute atomic E-state index is 0.880. The summed E-state index contributed by atoms with van der Waals surface area (Å²) in [6, 6.07) is 6.55. The van der Waals surface area contributed by atoms with Crippen molar-refractivity contribution in [3.05, 3.63) is 36.0 Å². The first kappa shape index (κ1) is 12.3. The monoisotopic (exact) mass is 259 g/mol. The van der Waals surface area contributed by atoms with Crippen molar-refractivity contribution in [1.29, 1.82) is 0 Å². The molecular weight excluding hydrogens is 238 g/mol. The smallest absolute Gasteiger partial charge is 0.0560 e. The van der Waals surface area contributed by atoms with Gasteiger partial charge in [-0.1, -0.05) is 0 Å². The molecule has 2 aliphatic heterocycles. The number of hydrazine groups is 2. The Morgan fingerprint density at radius 1 is 1.21 bits per heavy atom. The van der Waals surface area contributed by atoms with Crippen molar-refractivity contribution >= 4 is 11.4 Å². The maximum atomic E-state index is 3.39. The SMILES string of the molecule is Cc1cc(NN2C=CCN2)ccc1N1CCNCC1. The molecule has 0 atom stereocenters. The number of nitrogens with zero attached hydrogens (tertiary/aromatic N) is 2. The van der Waals surface area contributed by atoms with Gasteiger partial charge in [0.2, 0.25) is 0 Å². The van der Waals surface area contributed by atoms with Crippen molar-refractivity contribution < 1.29 is 0 Å². The molecule has 3 N–H and O–H groups in total. The highest BCUT2D eigenvalue weighted by atomic mass is 15.7. The topological polar surface area (TPSA) is 42.6 Å². The van der Waals surface area contributed by atoms with E-state index in [0.29, 0.717) is 0 Å². The highest BCUT2D eigenvalue weighted by Gasteiger charge is 2.13. The fraction of sp³-hybridized carbons (Fsp3) is 0.429. The van der Waals surface area contributed by atoms with Gasteiger partial charge in [0.1, 0.15) is 0 Å². The molecular formula is C14H21N5. The van der Waals surface area contributed by atoms with Gasteiger partial charge < -0.3 is 10.2 Å². The Morgan fingerprint density at radius 3 is 2.74 bits per heavy atom. The van der Waals surface area contributed by atoms with Crippen LogP contribution in [-0.2, 0) is 0 Å². The van der Waals surface area contributed by atoms with Crippen molar-refractivity contribution in [1.82, 2.24) is 15.9 Å². The van der Waals surface area contributed by atoms with Crippen LogP contribution in [0.4, 0.5) is 11.4 Å². The Kier molecular flexibility index (Phi) is 3.57. The molecule has 0 bridgehead atoms. The van der Waals surface area contributed by atoms with Crippen LogP contribution in [0, 0.1) is 6.92 Å². The summed E-state index contributed by atoms with van der Waals surface area (Å²) in [5.74, 6) is 0. The van der Waals surface area contributed by atoms with E-state index in [1.54, 1.807) is 0 Å². The van der Waals surface area contributed by atoms with Crippen molar-refractivity contribution in [2.45, 2.75) is 6.92 Å². The van der Waals surface area contributed by atoms with Crippen molar-refractivity contribution in [3.8, 4) is 0 Å². The van der Waals surface area contributed by atoms with Gasteiger partial charge in [-0.15, -0.1) is 0 Å². The van der Waals surface area contributed by atoms with Crippen LogP contribution in [-0.4, -0.2) is 37.8 Å². The number of hydrogen-bond donors (Lipinski definition) is 3. The molecule has 1 saturated heterocycles. The molecule has 0 aliphatic carbocycles. The second kappa shape index (κ2) is 5.50. The summed E-state index contributed by atoms with van der Waals surface area (Å²) in [5, 5.41) is 5.28. The van der Waals surface area contributed by atoms with Crippen LogP contribution in [0.15, 0.2) is 30.5 Å². The zero-order chi connectivity index (χ0) is 13.1. The standard InChI is InChI=1S/C14H21N5/c1-12-11-13(17-19-8-2-5-16-19)3-4-14(12)18-9-6-15-7-10-18/h2-4,8,11,15-17H,5-7,9-10H2,1H3. The van der Waals surface area contributed by atoms with Gasteiger partial charge in [-0.25, -0.2) is 10.5 Å². The third-order valence-electron chi connectivity index (χ3n) is 3.54. The van der Waals surface area contributed by atoms with Crippen LogP contribution in [0.5, 0.6) is 0 Å². The van der Waals surface area contributed by atoms with Gasteiger partial charge in [0, 0.05) is 44.6 Å². The van der Waals surface area contributed by atoms with Gasteiger partial charge in [-0.2, -0.15) is 0 Å². The summed E-state index contributed by atoms with van der Waals surface area (Å²) >= 11 is 0. The van der Waals surface area contributed by atoms with Crippen LogP contribution < -0.4 is 21.1 Å². The Hall–Kier alpha value is -1.72. The summed E-state index contributed by atoms with van der Waals surface area (Å²) in [4.78, 5) is 2.45. The lowest BCUT2D eigenvalue weighted by molar-refractivity contribution is 0.368. The highest BCUT2D eigenvalue weighted by molar-refractivity contribution is 5.60. The van der Waals surface area contributed by atoms with Crippen LogP contribution in [0.3, 0.4) is 0 Å². The third-order valence-corrected chi connectivity index (χ3v) is 3.54. The summed E-state index contributed by atoms with van der Waals surface area (Å²) < 4.78 is 0. The first-order valence-electron chi connectivity index (χ1n) is 6.85. The van der Waals surface area contributed by atoms with Gasteiger partial charge in [0.25, 0.3) is 0 Å². The van der Waals surface area contributed by atoms with Gasteiger partial charge in [0.15, 0.2) is 0 Å². The predicted molar refractivity (Wildman–Crippen MR) is 78.9 cm³/mol. The summed E-state index contributed by atoms with van der Waals surface area (Å²) in [7, 11) is 0. The highest BCUT2D eigenvalue weighted by Crippen LogP contribution is 2.24. The first-order valence-corrected chi connectivity index (χ1v) is 6.85. The summed E-state index contributed by atoms with van der Waals surface area (Å²) in [6.45, 7) is 7.37. The van der Waals surface area contributed by atoms with Crippen molar-refractivity contribution in [2.24, 2.45) is 0 Å². The number of nitrogens with one attached hydrogen (secondary N) is 3. The molecule has 5 heteroatoms. The number of rotatable bonds is 3. The largest absolute Gasteiger partial charge is 0.369 e. The maximum absolute atomic E-state index is 3.39. The molecule has 0 aromatic heterocycles. The van der Waals surface area contributed by atoms with Crippen molar-refractivity contribution in [3.63, 3.8) is 0 Å². The molecule has 0 spiro atoms. The van der Waals surface area contributed by atoms with E-state index in [0.717, 1.165) is 38.4 Å². The number of hydrogen-bond acceptors (Lipinski definition) is 5. The van der Waals surface area contributed by atoms with Gasteiger partial charge in [0.05, 0.1) is 5.69 Å². The maximum Gasteiger partial charge on any atom is 0.0560 e. The van der Waals surface area contributed by atoms with E-state index in [-0.39, 0.29) is 0 Å². The molecule has 1 aromatic rings. The predicted octanol–water partition coefficient (Wildman–Crippen LogP) is 1.07. The normalized spacial score (nSPS) is 19.0. The van der Waals surface area contributed by atoms with E-state index in [2.05, 4.69) is 52.3 Å². The first-order chi connectivity index (χ1) is 9.33. The second-order valence-corrected chi connectivity index (χ2v) is 4.97. The van der Waals surface area contributed by atoms with Crippen molar-refractivity contribution in [2.75, 3.05) is 43.0 Å². The Morgan fingerprint density at radius 2 is 2.05 bits per heavy atom. The van der Waals surface area contributed by atoms with E-state index in [4.69, 9.17) is 0 Å². The molecule has 1 fully saturated rings. The zero-order valence-electron chi connectivity index (χ0n) is 11.3. The van der Waals surface area contributed by atoms with Crippen LogP contribution in [0.1, 0.15) is 5.56 Å². The van der Waals surface area contributed by atoms with E-state index >= 15 is 0 Å². The number of piperazine rings is 1. The molecule has 0 radical (unpaired) electrons. The molecule has 2 aliphatic rings. The Labute approximate surface area is 114 Å². The quantitative estimate of drug-likeness (QED) is 0.757. The molecule has 102 valence electrons. The van der Waals surface area contributed by atoms with Crippen LogP contribution in [0.25, 0.3) is 0 Å². The Balaban J connectivity index is 1.71. The number of anilines is 2. The molecule has 19 heavy (non-hydrogen) atoms. The van der Waals surface area contributed by atoms with Gasteiger partial charge in [-0.3, -0.25) is 5.43 Å². The molecule has 1 aromatic carbocycles. The van der Waals surface area contributed by atoms with E-state index in [1.165, 1.54) is 11.3 Å². The Bertz CT molecular complexity index is 465. The molecule has 5 nitrogen and oxygen atoms in total. The average Bonchev–Trinajstić information content (AvgIpc) is 2.93. The van der Waals surface area contributed by atoms with Crippen LogP contribution in [0.2, 0.25) is 0 Å². The van der Waals surface area contributed by atoms with Crippen LogP contribution >= 0.6 is 0 Å². The zero-order valence-corrected chi connectivity index (χ0v) is 11.3. The number of aryl methyl sites for hydroxylation is 1. The van der Waals surface area contributed by atoms with E-state index < -0.39 is 0 Å². The van der Waals surface area contributed by atoms with E-state index in [1.807, 2.05) is 11.3 Å². The molecule has 0 saturated carbocycles. The average molecular weight is 259 g/mol. The minimum Gasteiger partial charge on any atom is -0.369 e. The van der Waals surface area contributed by atoms with E-state index in [9.17, 15) is 0 Å². The molecule has 0 unspecified atom stereocenters. The lowest BCUT2D eigenvalue weighted by Crippen LogP contribution is -2.43. The minimum atomic E-state index is 0.880. The molecule has 3 rings (SSSR count). The fourth-order valence-electron chi connectivity index (χ4n) is 2.56. The molecule has 0 amide bonds. The lowest BCUT2D eigenvalue weighted by atomic mass is 10.1. The lowest BCUT2D eigenvalue weighted by Gasteiger charge is -2.31. The fourth-order valence-corrected chi connectivity index (χ4v) is 2.56. The third kappa shape index (κ3) is 2.83. The number of benzene rings is 1. The molecule has 2 heterocycles. The van der Waals surface area contributed by atoms with Gasteiger partial charge in [-0.05, 0) is 36.8 Å². The second-order valence-electron chi connectivity index (χ2n) is 4.97. The summed E-state index contributed by atoms with van der Waals surface area (Å²) in [5.41, 5.74) is 10.3. The summed E-state index contributed by atoms with van der Waals surface area (Å²) in [6.07, 6.45) is 4.08.